The largest absolute Gasteiger partial charge is 0.388 e. The van der Waals surface area contributed by atoms with Crippen LogP contribution in [0.5, 0.6) is 0 Å². The number of para-hydroxylation sites is 1. The first kappa shape index (κ1) is 26.1. The van der Waals surface area contributed by atoms with Crippen LogP contribution in [0.1, 0.15) is 74.8 Å². The van der Waals surface area contributed by atoms with Crippen molar-refractivity contribution in [1.82, 2.24) is 30.0 Å². The molecule has 9 nitrogen and oxygen atoms in total. The summed E-state index contributed by atoms with van der Waals surface area (Å²) in [7, 11) is 0. The second-order valence-electron chi connectivity index (χ2n) is 10.8. The van der Waals surface area contributed by atoms with Crippen molar-refractivity contribution in [3.8, 4) is 5.95 Å². The maximum atomic E-state index is 13.4. The zero-order valence-electron chi connectivity index (χ0n) is 21.5. The van der Waals surface area contributed by atoms with Crippen LogP contribution in [0, 0.1) is 5.92 Å². The lowest BCUT2D eigenvalue weighted by atomic mass is 9.84. The van der Waals surface area contributed by atoms with Gasteiger partial charge in [-0.3, -0.25) is 9.59 Å². The van der Waals surface area contributed by atoms with Gasteiger partial charge >= 0.3 is 0 Å². The molecule has 2 aliphatic rings. The Morgan fingerprint density at radius 1 is 1.08 bits per heavy atom. The molecule has 1 aliphatic heterocycles. The van der Waals surface area contributed by atoms with E-state index in [1.54, 1.807) is 38.1 Å². The quantitative estimate of drug-likeness (QED) is 0.505. The minimum atomic E-state index is -2.74. The van der Waals surface area contributed by atoms with Crippen molar-refractivity contribution >= 4 is 22.7 Å². The van der Waals surface area contributed by atoms with Crippen molar-refractivity contribution in [2.45, 2.75) is 76.5 Å². The maximum absolute atomic E-state index is 13.4. The molecule has 2 amide bonds. The van der Waals surface area contributed by atoms with E-state index in [0.29, 0.717) is 43.1 Å². The van der Waals surface area contributed by atoms with E-state index in [9.17, 15) is 23.5 Å². The van der Waals surface area contributed by atoms with E-state index in [1.807, 2.05) is 4.90 Å². The molecule has 2 aromatic heterocycles. The highest BCUT2D eigenvalue weighted by Gasteiger charge is 2.41. The average Bonchev–Trinajstić information content (AvgIpc) is 3.55. The summed E-state index contributed by atoms with van der Waals surface area (Å²) in [5, 5.41) is 17.8. The third-order valence-electron chi connectivity index (χ3n) is 7.68. The van der Waals surface area contributed by atoms with Crippen LogP contribution in [-0.4, -0.2) is 65.8 Å². The molecule has 11 heteroatoms. The second kappa shape index (κ2) is 10.4. The number of carbonyl (C=O) groups is 2. The lowest BCUT2D eigenvalue weighted by Gasteiger charge is -2.37. The van der Waals surface area contributed by atoms with Crippen molar-refractivity contribution in [3.05, 3.63) is 47.9 Å². The van der Waals surface area contributed by atoms with Gasteiger partial charge in [-0.25, -0.2) is 18.7 Å². The summed E-state index contributed by atoms with van der Waals surface area (Å²) in [5.41, 5.74) is -0.567. The summed E-state index contributed by atoms with van der Waals surface area (Å²) in [6.07, 6.45) is 4.39. The zero-order chi connectivity index (χ0) is 27.0. The van der Waals surface area contributed by atoms with Gasteiger partial charge in [0, 0.05) is 36.3 Å². The number of nitrogens with one attached hydrogen (secondary N) is 1. The number of aliphatic hydroxyl groups is 1. The summed E-state index contributed by atoms with van der Waals surface area (Å²) in [5.74, 6) is -0.234. The minimum absolute atomic E-state index is 0.0708. The summed E-state index contributed by atoms with van der Waals surface area (Å²) >= 11 is 0. The summed E-state index contributed by atoms with van der Waals surface area (Å²) < 4.78 is 28.1. The van der Waals surface area contributed by atoms with E-state index in [-0.39, 0.29) is 47.0 Å². The summed E-state index contributed by atoms with van der Waals surface area (Å²) in [6, 6.07) is 6.39. The number of benzene rings is 1. The molecule has 0 bridgehead atoms. The van der Waals surface area contributed by atoms with Gasteiger partial charge in [0.15, 0.2) is 0 Å². The van der Waals surface area contributed by atoms with Gasteiger partial charge < -0.3 is 15.3 Å². The van der Waals surface area contributed by atoms with E-state index in [2.05, 4.69) is 20.4 Å². The van der Waals surface area contributed by atoms with Crippen LogP contribution in [0.4, 0.5) is 8.78 Å². The molecule has 38 heavy (non-hydrogen) atoms. The molecule has 2 N–H and O–H groups in total. The number of halogens is 2. The van der Waals surface area contributed by atoms with E-state index >= 15 is 0 Å². The number of hydrogen-bond donors (Lipinski definition) is 2. The van der Waals surface area contributed by atoms with Crippen LogP contribution in [0.3, 0.4) is 0 Å². The molecule has 0 spiro atoms. The molecular weight excluding hydrogens is 494 g/mol. The van der Waals surface area contributed by atoms with Gasteiger partial charge in [0.05, 0.1) is 22.7 Å². The molecule has 1 aromatic carbocycles. The molecule has 0 radical (unpaired) electrons. The standard InChI is InChI=1S/C27H32F2N6O3/c1-27(2,38)21-8-5-13-34(21)25(37)16-9-11-18(12-10-16)32-24(36)17-14-30-26(31-15-17)35-20-7-4-3-6-19(20)22(33-35)23(28)29/h3-4,6-7,14-16,18,21,23,38H,5,8-13H2,1-2H3,(H,32,36)/t16?,18?,21-/m0/s1. The first-order valence-electron chi connectivity index (χ1n) is 13.1. The van der Waals surface area contributed by atoms with Crippen LogP contribution in [0.2, 0.25) is 0 Å². The number of rotatable bonds is 6. The number of aromatic nitrogens is 4. The molecule has 3 aromatic rings. The topological polar surface area (TPSA) is 113 Å². The SMILES string of the molecule is CC(C)(O)[C@@H]1CCCN1C(=O)C1CCC(NC(=O)c2cnc(-n3nc(C(F)F)c4ccccc43)nc2)CC1. The Labute approximate surface area is 219 Å². The van der Waals surface area contributed by atoms with Gasteiger partial charge in [0.25, 0.3) is 18.3 Å². The Morgan fingerprint density at radius 3 is 2.42 bits per heavy atom. The van der Waals surface area contributed by atoms with Gasteiger partial charge in [-0.1, -0.05) is 18.2 Å². The number of carbonyl (C=O) groups excluding carboxylic acids is 2. The Kier molecular flexibility index (Phi) is 7.13. The second-order valence-corrected chi connectivity index (χ2v) is 10.8. The molecule has 1 saturated carbocycles. The third-order valence-corrected chi connectivity index (χ3v) is 7.68. The van der Waals surface area contributed by atoms with Crippen molar-refractivity contribution < 1.29 is 23.5 Å². The molecule has 1 aliphatic carbocycles. The fourth-order valence-corrected chi connectivity index (χ4v) is 5.70. The molecule has 5 rings (SSSR count). The average molecular weight is 527 g/mol. The summed E-state index contributed by atoms with van der Waals surface area (Å²) in [6.45, 7) is 4.19. The Bertz CT molecular complexity index is 1310. The van der Waals surface area contributed by atoms with E-state index in [4.69, 9.17) is 0 Å². The van der Waals surface area contributed by atoms with Crippen molar-refractivity contribution in [3.63, 3.8) is 0 Å². The third kappa shape index (κ3) is 5.11. The fraction of sp³-hybridized carbons (Fsp3) is 0.519. The lowest BCUT2D eigenvalue weighted by Crippen LogP contribution is -2.50. The van der Waals surface area contributed by atoms with Crippen LogP contribution in [0.15, 0.2) is 36.7 Å². The van der Waals surface area contributed by atoms with Gasteiger partial charge in [0.1, 0.15) is 5.69 Å². The molecule has 202 valence electrons. The minimum Gasteiger partial charge on any atom is -0.388 e. The summed E-state index contributed by atoms with van der Waals surface area (Å²) in [4.78, 5) is 36.2. The highest BCUT2D eigenvalue weighted by atomic mass is 19.3. The Balaban J connectivity index is 1.19. The monoisotopic (exact) mass is 526 g/mol. The van der Waals surface area contributed by atoms with Crippen LogP contribution in [0.25, 0.3) is 16.9 Å². The van der Waals surface area contributed by atoms with Crippen LogP contribution < -0.4 is 5.32 Å². The number of fused-ring (bicyclic) bond motifs is 1. The number of nitrogens with zero attached hydrogens (tertiary/aromatic N) is 5. The number of amides is 2. The fourth-order valence-electron chi connectivity index (χ4n) is 5.70. The van der Waals surface area contributed by atoms with Crippen molar-refractivity contribution in [1.29, 1.82) is 0 Å². The van der Waals surface area contributed by atoms with Gasteiger partial charge in [-0.05, 0) is 58.4 Å². The van der Waals surface area contributed by atoms with Crippen LogP contribution in [-0.2, 0) is 4.79 Å². The van der Waals surface area contributed by atoms with Gasteiger partial charge in [-0.15, -0.1) is 0 Å². The lowest BCUT2D eigenvalue weighted by molar-refractivity contribution is -0.142. The van der Waals surface area contributed by atoms with Gasteiger partial charge in [-0.2, -0.15) is 9.78 Å². The Hall–Kier alpha value is -3.47. The molecule has 3 heterocycles. The van der Waals surface area contributed by atoms with Crippen molar-refractivity contribution in [2.75, 3.05) is 6.54 Å². The zero-order valence-corrected chi connectivity index (χ0v) is 21.5. The molecule has 2 fully saturated rings. The molecule has 1 atom stereocenters. The number of likely N-dealkylation sites (tertiary alicyclic amines) is 1. The smallest absolute Gasteiger partial charge is 0.282 e. The first-order valence-corrected chi connectivity index (χ1v) is 13.1. The van der Waals surface area contributed by atoms with Gasteiger partial charge in [0.2, 0.25) is 5.91 Å². The maximum Gasteiger partial charge on any atom is 0.282 e. The first-order chi connectivity index (χ1) is 18.1. The Morgan fingerprint density at radius 2 is 1.76 bits per heavy atom. The molecule has 0 unspecified atom stereocenters. The predicted octanol–water partition coefficient (Wildman–Crippen LogP) is 3.80. The normalized spacial score (nSPS) is 22.3. The predicted molar refractivity (Wildman–Crippen MR) is 136 cm³/mol. The number of alkyl halides is 2. The van der Waals surface area contributed by atoms with E-state index in [1.165, 1.54) is 17.1 Å². The van der Waals surface area contributed by atoms with E-state index < -0.39 is 12.0 Å². The van der Waals surface area contributed by atoms with Crippen molar-refractivity contribution in [2.24, 2.45) is 5.92 Å². The highest BCUT2D eigenvalue weighted by Crippen LogP contribution is 2.33. The van der Waals surface area contributed by atoms with Crippen LogP contribution >= 0.6 is 0 Å². The molecule has 1 saturated heterocycles. The number of hydrogen-bond acceptors (Lipinski definition) is 6. The van der Waals surface area contributed by atoms with E-state index in [0.717, 1.165) is 12.8 Å². The highest BCUT2D eigenvalue weighted by molar-refractivity contribution is 5.94. The molecular formula is C27H32F2N6O3.